The van der Waals surface area contributed by atoms with E-state index in [1.54, 1.807) is 7.11 Å². The van der Waals surface area contributed by atoms with E-state index >= 15 is 0 Å². The maximum absolute atomic E-state index is 11.9. The molecule has 1 rings (SSSR count). The highest BCUT2D eigenvalue weighted by atomic mass is 35.5. The molecule has 0 saturated heterocycles. The normalized spacial score (nSPS) is 12.4. The van der Waals surface area contributed by atoms with Crippen LogP contribution >= 0.6 is 22.9 Å². The number of nitrogens with one attached hydrogen (secondary N) is 1. The van der Waals surface area contributed by atoms with Gasteiger partial charge in [0, 0.05) is 13.0 Å². The Morgan fingerprint density at radius 1 is 1.69 bits per heavy atom. The smallest absolute Gasteiger partial charge is 0.261 e. The lowest BCUT2D eigenvalue weighted by Crippen LogP contribution is -2.38. The number of alkyl halides is 1. The second-order valence-electron chi connectivity index (χ2n) is 3.54. The number of ether oxygens (including phenoxy) is 1. The summed E-state index contributed by atoms with van der Waals surface area (Å²) in [7, 11) is 1.61. The van der Waals surface area contributed by atoms with Gasteiger partial charge in [-0.3, -0.25) is 4.79 Å². The average Bonchev–Trinajstić information content (AvgIpc) is 2.65. The summed E-state index contributed by atoms with van der Waals surface area (Å²) in [4.78, 5) is 12.6. The molecule has 1 N–H and O–H groups in total. The summed E-state index contributed by atoms with van der Waals surface area (Å²) in [6.45, 7) is 2.42. The molecule has 0 aromatic carbocycles. The predicted octanol–water partition coefficient (Wildman–Crippen LogP) is 2.43. The lowest BCUT2D eigenvalue weighted by Gasteiger charge is -2.16. The van der Waals surface area contributed by atoms with Crippen LogP contribution < -0.4 is 5.32 Å². The average molecular weight is 262 g/mol. The minimum atomic E-state index is -0.0420. The third-order valence-corrected chi connectivity index (χ3v) is 3.46. The number of aryl methyl sites for hydroxylation is 1. The number of thiophene rings is 1. The number of carbonyl (C=O) groups excluding carboxylic acids is 1. The van der Waals surface area contributed by atoms with Gasteiger partial charge < -0.3 is 10.1 Å². The molecule has 3 nitrogen and oxygen atoms in total. The first-order chi connectivity index (χ1) is 7.69. The van der Waals surface area contributed by atoms with E-state index in [1.807, 2.05) is 18.4 Å². The Morgan fingerprint density at radius 3 is 2.94 bits per heavy atom. The molecule has 0 saturated carbocycles. The summed E-state index contributed by atoms with van der Waals surface area (Å²) in [5.41, 5.74) is 1.00. The minimum Gasteiger partial charge on any atom is -0.383 e. The van der Waals surface area contributed by atoms with Crippen LogP contribution in [0.4, 0.5) is 0 Å². The van der Waals surface area contributed by atoms with Crippen LogP contribution in [-0.2, 0) is 4.74 Å². The van der Waals surface area contributed by atoms with Crippen molar-refractivity contribution in [1.29, 1.82) is 0 Å². The molecule has 0 aliphatic rings. The summed E-state index contributed by atoms with van der Waals surface area (Å²) < 4.78 is 5.04. The number of halogens is 1. The first kappa shape index (κ1) is 13.5. The van der Waals surface area contributed by atoms with Crippen molar-refractivity contribution < 1.29 is 9.53 Å². The van der Waals surface area contributed by atoms with Crippen molar-refractivity contribution in [2.75, 3.05) is 19.6 Å². The summed E-state index contributed by atoms with van der Waals surface area (Å²) in [5, 5.41) is 4.84. The molecule has 16 heavy (non-hydrogen) atoms. The van der Waals surface area contributed by atoms with E-state index in [4.69, 9.17) is 16.3 Å². The maximum atomic E-state index is 11.9. The molecule has 1 amide bonds. The first-order valence-corrected chi connectivity index (χ1v) is 6.50. The van der Waals surface area contributed by atoms with Crippen LogP contribution in [0.3, 0.4) is 0 Å². The Labute approximate surface area is 105 Å². The van der Waals surface area contributed by atoms with E-state index in [2.05, 4.69) is 5.32 Å². The van der Waals surface area contributed by atoms with Gasteiger partial charge in [0.1, 0.15) is 0 Å². The van der Waals surface area contributed by atoms with Gasteiger partial charge in [0.25, 0.3) is 5.91 Å². The molecule has 5 heteroatoms. The second-order valence-corrected chi connectivity index (χ2v) is 4.83. The fourth-order valence-electron chi connectivity index (χ4n) is 1.39. The Morgan fingerprint density at radius 2 is 2.44 bits per heavy atom. The molecular weight excluding hydrogens is 246 g/mol. The molecule has 1 aromatic rings. The number of hydrogen-bond acceptors (Lipinski definition) is 3. The molecule has 0 aliphatic heterocycles. The van der Waals surface area contributed by atoms with Gasteiger partial charge in [-0.15, -0.1) is 22.9 Å². The second kappa shape index (κ2) is 6.89. The van der Waals surface area contributed by atoms with Gasteiger partial charge in [0.2, 0.25) is 0 Å². The van der Waals surface area contributed by atoms with Crippen LogP contribution in [0.1, 0.15) is 21.7 Å². The molecule has 0 aliphatic carbocycles. The monoisotopic (exact) mass is 261 g/mol. The number of amides is 1. The van der Waals surface area contributed by atoms with E-state index in [0.29, 0.717) is 18.9 Å². The zero-order valence-electron chi connectivity index (χ0n) is 9.46. The predicted molar refractivity (Wildman–Crippen MR) is 67.5 cm³/mol. The lowest BCUT2D eigenvalue weighted by atomic mass is 10.2. The standard InChI is InChI=1S/C11H16ClNO2S/c1-8-4-6-16-10(8)11(14)13-9(3-5-12)7-15-2/h4,6,9H,3,5,7H2,1-2H3,(H,13,14). The van der Waals surface area contributed by atoms with E-state index in [-0.39, 0.29) is 11.9 Å². The van der Waals surface area contributed by atoms with Crippen molar-refractivity contribution in [2.45, 2.75) is 19.4 Å². The van der Waals surface area contributed by atoms with Gasteiger partial charge in [0.15, 0.2) is 0 Å². The van der Waals surface area contributed by atoms with Crippen molar-refractivity contribution in [2.24, 2.45) is 0 Å². The van der Waals surface area contributed by atoms with Crippen molar-refractivity contribution in [3.8, 4) is 0 Å². The van der Waals surface area contributed by atoms with Gasteiger partial charge in [-0.25, -0.2) is 0 Å². The summed E-state index contributed by atoms with van der Waals surface area (Å²) >= 11 is 7.12. The molecule has 0 spiro atoms. The molecule has 90 valence electrons. The SMILES string of the molecule is COCC(CCCl)NC(=O)c1sccc1C. The number of methoxy groups -OCH3 is 1. The van der Waals surface area contributed by atoms with Crippen LogP contribution in [0.2, 0.25) is 0 Å². The Hall–Kier alpha value is -0.580. The van der Waals surface area contributed by atoms with Crippen molar-refractivity contribution in [3.63, 3.8) is 0 Å². The highest BCUT2D eigenvalue weighted by Gasteiger charge is 2.15. The molecule has 1 heterocycles. The number of hydrogen-bond donors (Lipinski definition) is 1. The molecule has 1 unspecified atom stereocenters. The zero-order chi connectivity index (χ0) is 12.0. The summed E-state index contributed by atoms with van der Waals surface area (Å²) in [5.74, 6) is 0.470. The fourth-order valence-corrected chi connectivity index (χ4v) is 2.48. The number of rotatable bonds is 6. The quantitative estimate of drug-likeness (QED) is 0.799. The number of carbonyl (C=O) groups is 1. The maximum Gasteiger partial charge on any atom is 0.261 e. The minimum absolute atomic E-state index is 0.0171. The van der Waals surface area contributed by atoms with E-state index in [0.717, 1.165) is 10.4 Å². The molecule has 0 bridgehead atoms. The van der Waals surface area contributed by atoms with Gasteiger partial charge in [-0.2, -0.15) is 0 Å². The van der Waals surface area contributed by atoms with E-state index in [1.165, 1.54) is 11.3 Å². The van der Waals surface area contributed by atoms with Gasteiger partial charge in [-0.05, 0) is 30.4 Å². The lowest BCUT2D eigenvalue weighted by molar-refractivity contribution is 0.0898. The van der Waals surface area contributed by atoms with Crippen LogP contribution in [-0.4, -0.2) is 31.5 Å². The Kier molecular flexibility index (Phi) is 5.80. The summed E-state index contributed by atoms with van der Waals surface area (Å²) in [6, 6.07) is 1.92. The Balaban J connectivity index is 2.58. The van der Waals surface area contributed by atoms with Gasteiger partial charge in [-0.1, -0.05) is 0 Å². The van der Waals surface area contributed by atoms with Crippen molar-refractivity contribution >= 4 is 28.8 Å². The topological polar surface area (TPSA) is 38.3 Å². The fraction of sp³-hybridized carbons (Fsp3) is 0.545. The zero-order valence-corrected chi connectivity index (χ0v) is 11.0. The highest BCUT2D eigenvalue weighted by molar-refractivity contribution is 7.12. The summed E-state index contributed by atoms with van der Waals surface area (Å²) in [6.07, 6.45) is 0.714. The first-order valence-electron chi connectivity index (χ1n) is 5.09. The van der Waals surface area contributed by atoms with Crippen molar-refractivity contribution in [1.82, 2.24) is 5.32 Å². The van der Waals surface area contributed by atoms with Crippen LogP contribution in [0.5, 0.6) is 0 Å². The van der Waals surface area contributed by atoms with Crippen LogP contribution in [0.25, 0.3) is 0 Å². The van der Waals surface area contributed by atoms with Gasteiger partial charge in [0.05, 0.1) is 17.5 Å². The van der Waals surface area contributed by atoms with Crippen LogP contribution in [0, 0.1) is 6.92 Å². The van der Waals surface area contributed by atoms with Crippen molar-refractivity contribution in [3.05, 3.63) is 21.9 Å². The molecule has 1 aromatic heterocycles. The third kappa shape index (κ3) is 3.77. The molecule has 1 atom stereocenters. The molecule has 0 radical (unpaired) electrons. The third-order valence-electron chi connectivity index (χ3n) is 2.23. The van der Waals surface area contributed by atoms with Crippen LogP contribution in [0.15, 0.2) is 11.4 Å². The Bertz CT molecular complexity index is 334. The van der Waals surface area contributed by atoms with E-state index in [9.17, 15) is 4.79 Å². The highest BCUT2D eigenvalue weighted by Crippen LogP contribution is 2.15. The largest absolute Gasteiger partial charge is 0.383 e. The van der Waals surface area contributed by atoms with Gasteiger partial charge >= 0.3 is 0 Å². The molecular formula is C11H16ClNO2S. The van der Waals surface area contributed by atoms with E-state index < -0.39 is 0 Å². The molecule has 0 fully saturated rings.